The largest absolute Gasteiger partial charge is 0.354 e. The molecule has 1 amide bonds. The number of aliphatic imine (C=N–C) groups is 1. The molecule has 2 N–H and O–H groups in total. The van der Waals surface area contributed by atoms with Gasteiger partial charge in [0, 0.05) is 40.0 Å². The number of rotatable bonds is 6. The van der Waals surface area contributed by atoms with E-state index in [1.165, 1.54) is 30.6 Å². The number of amides is 1. The Morgan fingerprint density at radius 3 is 2.58 bits per heavy atom. The summed E-state index contributed by atoms with van der Waals surface area (Å²) < 4.78 is 12.2. The average Bonchev–Trinajstić information content (AvgIpc) is 2.85. The van der Waals surface area contributed by atoms with Crippen molar-refractivity contribution in [2.75, 3.05) is 40.3 Å². The van der Waals surface area contributed by atoms with Crippen molar-refractivity contribution in [2.24, 2.45) is 4.99 Å². The SMILES string of the molecule is C=CCNC(=NCC(=O)N(C)C)NCC1COC2(CCCCCC2)O1.I. The minimum atomic E-state index is -0.379. The lowest BCUT2D eigenvalue weighted by molar-refractivity contribution is -0.175. The minimum absolute atomic E-state index is 0. The molecule has 1 unspecified atom stereocenters. The molecule has 0 aromatic rings. The Hall–Kier alpha value is -0.870. The Bertz CT molecular complexity index is 477. The lowest BCUT2D eigenvalue weighted by Gasteiger charge is -2.26. The molecule has 1 heterocycles. The van der Waals surface area contributed by atoms with E-state index in [1.54, 1.807) is 20.2 Å². The van der Waals surface area contributed by atoms with Crippen LogP contribution in [0, 0.1) is 0 Å². The highest BCUT2D eigenvalue weighted by molar-refractivity contribution is 14.0. The number of carbonyl (C=O) groups excluding carboxylic acids is 1. The molecule has 0 aromatic carbocycles. The lowest BCUT2D eigenvalue weighted by atomic mass is 10.1. The first-order valence-electron chi connectivity index (χ1n) is 9.20. The minimum Gasteiger partial charge on any atom is -0.354 e. The Labute approximate surface area is 174 Å². The summed E-state index contributed by atoms with van der Waals surface area (Å²) in [7, 11) is 3.44. The molecule has 1 spiro atoms. The molecule has 1 atom stereocenters. The maximum Gasteiger partial charge on any atom is 0.243 e. The zero-order valence-electron chi connectivity index (χ0n) is 16.0. The van der Waals surface area contributed by atoms with Gasteiger partial charge in [-0.25, -0.2) is 4.99 Å². The summed E-state index contributed by atoms with van der Waals surface area (Å²) in [4.78, 5) is 17.6. The fraction of sp³-hybridized carbons (Fsp3) is 0.778. The van der Waals surface area contributed by atoms with Crippen molar-refractivity contribution in [1.82, 2.24) is 15.5 Å². The van der Waals surface area contributed by atoms with Crippen molar-refractivity contribution >= 4 is 35.8 Å². The lowest BCUT2D eigenvalue weighted by Crippen LogP contribution is -2.43. The van der Waals surface area contributed by atoms with Gasteiger partial charge in [-0.05, 0) is 12.8 Å². The normalized spacial score (nSPS) is 22.2. The zero-order valence-corrected chi connectivity index (χ0v) is 18.3. The predicted octanol–water partition coefficient (Wildman–Crippen LogP) is 1.88. The van der Waals surface area contributed by atoms with E-state index in [0.717, 1.165) is 12.8 Å². The first kappa shape index (κ1) is 23.2. The van der Waals surface area contributed by atoms with Gasteiger partial charge in [-0.2, -0.15) is 0 Å². The number of nitrogens with zero attached hydrogens (tertiary/aromatic N) is 2. The Balaban J connectivity index is 0.00000338. The van der Waals surface area contributed by atoms with Crippen LogP contribution in [0.15, 0.2) is 17.6 Å². The van der Waals surface area contributed by atoms with Gasteiger partial charge in [0.2, 0.25) is 5.91 Å². The molecule has 0 aromatic heterocycles. The van der Waals surface area contributed by atoms with Crippen molar-refractivity contribution in [3.63, 3.8) is 0 Å². The van der Waals surface area contributed by atoms with Gasteiger partial charge >= 0.3 is 0 Å². The third-order valence-electron chi connectivity index (χ3n) is 4.56. The van der Waals surface area contributed by atoms with Crippen LogP contribution in [0.5, 0.6) is 0 Å². The summed E-state index contributed by atoms with van der Waals surface area (Å²) in [5.41, 5.74) is 0. The van der Waals surface area contributed by atoms with Gasteiger partial charge in [0.1, 0.15) is 12.6 Å². The zero-order chi connectivity index (χ0) is 18.1. The van der Waals surface area contributed by atoms with Crippen LogP contribution < -0.4 is 10.6 Å². The van der Waals surface area contributed by atoms with E-state index in [9.17, 15) is 4.79 Å². The molecule has 2 aliphatic rings. The summed E-state index contributed by atoms with van der Waals surface area (Å²) in [6.45, 7) is 5.57. The number of guanidine groups is 1. The van der Waals surface area contributed by atoms with Crippen LogP contribution in [0.4, 0.5) is 0 Å². The highest BCUT2D eigenvalue weighted by Crippen LogP contribution is 2.36. The molecule has 0 radical (unpaired) electrons. The van der Waals surface area contributed by atoms with Crippen LogP contribution in [0.3, 0.4) is 0 Å². The van der Waals surface area contributed by atoms with Crippen LogP contribution in [-0.4, -0.2) is 69.0 Å². The Morgan fingerprint density at radius 1 is 1.27 bits per heavy atom. The summed E-state index contributed by atoms with van der Waals surface area (Å²) in [5, 5.41) is 6.37. The first-order chi connectivity index (χ1) is 12.0. The number of likely N-dealkylation sites (N-methyl/N-ethyl adjacent to an activating group) is 1. The summed E-state index contributed by atoms with van der Waals surface area (Å²) in [5.74, 6) is 0.161. The molecule has 2 rings (SSSR count). The smallest absolute Gasteiger partial charge is 0.243 e. The van der Waals surface area contributed by atoms with Crippen LogP contribution in [-0.2, 0) is 14.3 Å². The van der Waals surface area contributed by atoms with Crippen molar-refractivity contribution in [2.45, 2.75) is 50.4 Å². The maximum atomic E-state index is 11.7. The highest BCUT2D eigenvalue weighted by atomic mass is 127. The third-order valence-corrected chi connectivity index (χ3v) is 4.56. The van der Waals surface area contributed by atoms with Gasteiger partial charge in [-0.1, -0.05) is 18.9 Å². The Morgan fingerprint density at radius 2 is 1.96 bits per heavy atom. The van der Waals surface area contributed by atoms with E-state index in [-0.39, 0.29) is 48.3 Å². The quantitative estimate of drug-likeness (QED) is 0.263. The molecule has 1 saturated carbocycles. The van der Waals surface area contributed by atoms with E-state index < -0.39 is 0 Å². The van der Waals surface area contributed by atoms with Crippen LogP contribution in [0.25, 0.3) is 0 Å². The number of ether oxygens (including phenoxy) is 2. The topological polar surface area (TPSA) is 75.2 Å². The van der Waals surface area contributed by atoms with E-state index >= 15 is 0 Å². The van der Waals surface area contributed by atoms with Gasteiger partial charge in [0.15, 0.2) is 11.7 Å². The van der Waals surface area contributed by atoms with E-state index in [4.69, 9.17) is 9.47 Å². The van der Waals surface area contributed by atoms with Gasteiger partial charge < -0.3 is 25.0 Å². The van der Waals surface area contributed by atoms with Gasteiger partial charge in [0.25, 0.3) is 0 Å². The molecular weight excluding hydrogens is 447 g/mol. The molecule has 26 heavy (non-hydrogen) atoms. The van der Waals surface area contributed by atoms with E-state index in [2.05, 4.69) is 22.2 Å². The second-order valence-corrected chi connectivity index (χ2v) is 6.88. The standard InChI is InChI=1S/C18H32N4O3.HI/c1-4-11-19-17(21-13-16(23)22(2)3)20-12-15-14-24-18(25-15)9-7-5-6-8-10-18;/h4,15H,1,5-14H2,2-3H3,(H2,19,20,21);1H. The first-order valence-corrected chi connectivity index (χ1v) is 9.20. The fourth-order valence-corrected chi connectivity index (χ4v) is 3.09. The Kier molecular flexibility index (Phi) is 10.5. The predicted molar refractivity (Wildman–Crippen MR) is 114 cm³/mol. The molecule has 150 valence electrons. The maximum absolute atomic E-state index is 11.7. The second-order valence-electron chi connectivity index (χ2n) is 6.88. The summed E-state index contributed by atoms with van der Waals surface area (Å²) in [6.07, 6.45) is 8.58. The molecule has 0 bridgehead atoms. The molecule has 7 nitrogen and oxygen atoms in total. The average molecular weight is 480 g/mol. The van der Waals surface area contributed by atoms with Gasteiger partial charge in [-0.3, -0.25) is 4.79 Å². The molecule has 1 saturated heterocycles. The van der Waals surface area contributed by atoms with Crippen molar-refractivity contribution in [3.05, 3.63) is 12.7 Å². The van der Waals surface area contributed by atoms with E-state index in [0.29, 0.717) is 25.7 Å². The summed E-state index contributed by atoms with van der Waals surface area (Å²) >= 11 is 0. The van der Waals surface area contributed by atoms with Crippen LogP contribution in [0.1, 0.15) is 38.5 Å². The number of nitrogens with one attached hydrogen (secondary N) is 2. The monoisotopic (exact) mass is 480 g/mol. The molecule has 1 aliphatic heterocycles. The van der Waals surface area contributed by atoms with Crippen LogP contribution >= 0.6 is 24.0 Å². The van der Waals surface area contributed by atoms with E-state index in [1.807, 2.05) is 0 Å². The number of carbonyl (C=O) groups is 1. The number of halogens is 1. The van der Waals surface area contributed by atoms with Crippen molar-refractivity contribution < 1.29 is 14.3 Å². The molecule has 2 fully saturated rings. The van der Waals surface area contributed by atoms with Gasteiger partial charge in [-0.15, -0.1) is 30.6 Å². The van der Waals surface area contributed by atoms with Crippen LogP contribution in [0.2, 0.25) is 0 Å². The second kappa shape index (κ2) is 11.8. The number of hydrogen-bond acceptors (Lipinski definition) is 4. The number of hydrogen-bond donors (Lipinski definition) is 2. The highest BCUT2D eigenvalue weighted by Gasteiger charge is 2.41. The third kappa shape index (κ3) is 7.40. The summed E-state index contributed by atoms with van der Waals surface area (Å²) in [6, 6.07) is 0. The van der Waals surface area contributed by atoms with Crippen molar-refractivity contribution in [1.29, 1.82) is 0 Å². The molecular formula is C18H33IN4O3. The molecule has 8 heteroatoms. The van der Waals surface area contributed by atoms with Crippen molar-refractivity contribution in [3.8, 4) is 0 Å². The van der Waals surface area contributed by atoms with Gasteiger partial charge in [0.05, 0.1) is 6.61 Å². The fourth-order valence-electron chi connectivity index (χ4n) is 3.09. The molecule has 1 aliphatic carbocycles.